The predicted molar refractivity (Wildman–Crippen MR) is 121 cm³/mol. The number of fused-ring (bicyclic) bond motifs is 2. The molecule has 2 heterocycles. The van der Waals surface area contributed by atoms with E-state index in [1.54, 1.807) is 30.3 Å². The maximum Gasteiger partial charge on any atom is 0.375 e. The van der Waals surface area contributed by atoms with Crippen molar-refractivity contribution in [3.05, 3.63) is 105 Å². The van der Waals surface area contributed by atoms with Crippen LogP contribution in [0.5, 0.6) is 0 Å². The van der Waals surface area contributed by atoms with Gasteiger partial charge in [0.25, 0.3) is 0 Å². The Bertz CT molecular complexity index is 1420. The van der Waals surface area contributed by atoms with Crippen molar-refractivity contribution in [2.75, 3.05) is 7.11 Å². The molecule has 2 aliphatic rings. The van der Waals surface area contributed by atoms with E-state index in [-0.39, 0.29) is 5.84 Å². The minimum absolute atomic E-state index is 0.0586. The topological polar surface area (TPSA) is 54.3 Å². The maximum absolute atomic E-state index is 14.7. The number of carbonyl (C=O) groups is 1. The molecular weight excluding hydrogens is 429 g/mol. The quantitative estimate of drug-likeness (QED) is 0.573. The standard InChI is InChI=1S/C25H17ClFN3O2/c1-32-25(31)24-28-23(15-7-3-2-4-8-15)21-12-11-16-13-17(26)14-19(22(16)29-30(21)24)18-9-5-6-10-20(18)27/h2-14,23H,1H3. The fourth-order valence-corrected chi connectivity index (χ4v) is 4.10. The molecule has 3 aromatic carbocycles. The molecule has 158 valence electrons. The Hall–Kier alpha value is -3.77. The predicted octanol–water partition coefficient (Wildman–Crippen LogP) is 3.99. The number of esters is 1. The van der Waals surface area contributed by atoms with Crippen LogP contribution < -0.4 is 10.6 Å². The van der Waals surface area contributed by atoms with Crippen molar-refractivity contribution >= 4 is 29.5 Å². The Morgan fingerprint density at radius 2 is 1.78 bits per heavy atom. The van der Waals surface area contributed by atoms with E-state index < -0.39 is 17.8 Å². The van der Waals surface area contributed by atoms with Gasteiger partial charge in [-0.2, -0.15) is 5.10 Å². The fourth-order valence-electron chi connectivity index (χ4n) is 3.88. The zero-order chi connectivity index (χ0) is 22.2. The number of halogens is 2. The lowest BCUT2D eigenvalue weighted by Crippen LogP contribution is -2.34. The first-order chi connectivity index (χ1) is 15.6. The van der Waals surface area contributed by atoms with Crippen LogP contribution in [0.25, 0.3) is 17.2 Å². The summed E-state index contributed by atoms with van der Waals surface area (Å²) in [7, 11) is 1.30. The van der Waals surface area contributed by atoms with Gasteiger partial charge < -0.3 is 4.74 Å². The molecule has 0 fully saturated rings. The molecule has 32 heavy (non-hydrogen) atoms. The van der Waals surface area contributed by atoms with Crippen LogP contribution in [0.4, 0.5) is 4.39 Å². The first kappa shape index (κ1) is 20.2. The number of aliphatic imine (C=N–C) groups is 1. The molecule has 0 N–H and O–H groups in total. The molecule has 1 unspecified atom stereocenters. The summed E-state index contributed by atoms with van der Waals surface area (Å²) in [5.74, 6) is -0.943. The average Bonchev–Trinajstić information content (AvgIpc) is 3.06. The number of amidine groups is 1. The number of hydrogen-bond donors (Lipinski definition) is 0. The third-order valence-electron chi connectivity index (χ3n) is 5.36. The lowest BCUT2D eigenvalue weighted by Gasteiger charge is -2.17. The lowest BCUT2D eigenvalue weighted by atomic mass is 10.0. The highest BCUT2D eigenvalue weighted by Gasteiger charge is 2.37. The smallest absolute Gasteiger partial charge is 0.375 e. The SMILES string of the molecule is COC(=O)C1=NC(c2ccccc2)C2=CC=c3cc(Cl)cc(-c4ccccc4F)c3=NN21. The summed E-state index contributed by atoms with van der Waals surface area (Å²) in [5, 5.41) is 7.88. The van der Waals surface area contributed by atoms with Crippen LogP contribution in [0, 0.1) is 5.82 Å². The summed E-state index contributed by atoms with van der Waals surface area (Å²) >= 11 is 6.37. The van der Waals surface area contributed by atoms with E-state index in [2.05, 4.69) is 4.99 Å². The van der Waals surface area contributed by atoms with Gasteiger partial charge in [-0.3, -0.25) is 0 Å². The average molecular weight is 446 g/mol. The molecule has 3 aromatic rings. The van der Waals surface area contributed by atoms with Crippen molar-refractivity contribution in [2.45, 2.75) is 6.04 Å². The highest BCUT2D eigenvalue weighted by molar-refractivity contribution is 6.36. The summed E-state index contributed by atoms with van der Waals surface area (Å²) in [6, 6.07) is 19.0. The number of allylic oxidation sites excluding steroid dienone is 1. The van der Waals surface area contributed by atoms with E-state index in [0.29, 0.717) is 32.4 Å². The highest BCUT2D eigenvalue weighted by Crippen LogP contribution is 2.35. The summed E-state index contributed by atoms with van der Waals surface area (Å²) in [4.78, 5) is 17.2. The van der Waals surface area contributed by atoms with Gasteiger partial charge in [-0.05, 0) is 29.8 Å². The molecule has 7 heteroatoms. The number of hydrogen-bond acceptors (Lipinski definition) is 5. The lowest BCUT2D eigenvalue weighted by molar-refractivity contribution is -0.133. The normalized spacial score (nSPS) is 16.6. The summed E-state index contributed by atoms with van der Waals surface area (Å²) in [6.45, 7) is 0. The van der Waals surface area contributed by atoms with Crippen molar-refractivity contribution in [3.63, 3.8) is 0 Å². The van der Waals surface area contributed by atoms with E-state index in [0.717, 1.165) is 5.56 Å². The van der Waals surface area contributed by atoms with Crippen molar-refractivity contribution in [3.8, 4) is 11.1 Å². The third-order valence-corrected chi connectivity index (χ3v) is 5.58. The van der Waals surface area contributed by atoms with Crippen LogP contribution in [0.3, 0.4) is 0 Å². The Balaban J connectivity index is 1.76. The van der Waals surface area contributed by atoms with Gasteiger partial charge in [0.2, 0.25) is 5.84 Å². The minimum atomic E-state index is -0.608. The minimum Gasteiger partial charge on any atom is -0.463 e. The second-order valence-electron chi connectivity index (χ2n) is 7.30. The number of benzene rings is 3. The molecule has 0 aromatic heterocycles. The second kappa shape index (κ2) is 8.05. The summed E-state index contributed by atoms with van der Waals surface area (Å²) in [6.07, 6.45) is 3.71. The third kappa shape index (κ3) is 3.39. The van der Waals surface area contributed by atoms with Crippen LogP contribution in [-0.4, -0.2) is 23.9 Å². The van der Waals surface area contributed by atoms with Crippen LogP contribution in [-0.2, 0) is 9.53 Å². The van der Waals surface area contributed by atoms with Gasteiger partial charge in [0, 0.05) is 21.4 Å². The van der Waals surface area contributed by atoms with Crippen LogP contribution >= 0.6 is 11.6 Å². The van der Waals surface area contributed by atoms with E-state index in [1.165, 1.54) is 18.2 Å². The van der Waals surface area contributed by atoms with Crippen molar-refractivity contribution < 1.29 is 13.9 Å². The molecule has 0 spiro atoms. The van der Waals surface area contributed by atoms with Gasteiger partial charge in [0.15, 0.2) is 0 Å². The van der Waals surface area contributed by atoms with Crippen molar-refractivity contribution in [2.24, 2.45) is 10.1 Å². The zero-order valence-electron chi connectivity index (χ0n) is 17.0. The first-order valence-corrected chi connectivity index (χ1v) is 10.3. The first-order valence-electron chi connectivity index (χ1n) is 9.93. The van der Waals surface area contributed by atoms with E-state index >= 15 is 0 Å². The van der Waals surface area contributed by atoms with Gasteiger partial charge in [-0.25, -0.2) is 19.2 Å². The fraction of sp³-hybridized carbons (Fsp3) is 0.0800. The number of methoxy groups -OCH3 is 1. The number of ether oxygens (including phenoxy) is 1. The van der Waals surface area contributed by atoms with Gasteiger partial charge in [0.1, 0.15) is 11.9 Å². The molecule has 0 amide bonds. The van der Waals surface area contributed by atoms with Gasteiger partial charge in [0.05, 0.1) is 18.2 Å². The summed E-state index contributed by atoms with van der Waals surface area (Å²) < 4.78 is 19.6. The van der Waals surface area contributed by atoms with Crippen molar-refractivity contribution in [1.29, 1.82) is 0 Å². The Kier molecular flexibility index (Phi) is 5.07. The van der Waals surface area contributed by atoms with Crippen LogP contribution in [0.1, 0.15) is 11.6 Å². The van der Waals surface area contributed by atoms with Crippen LogP contribution in [0.2, 0.25) is 5.02 Å². The highest BCUT2D eigenvalue weighted by atomic mass is 35.5. The molecule has 1 atom stereocenters. The number of rotatable bonds is 3. The van der Waals surface area contributed by atoms with Gasteiger partial charge in [-0.1, -0.05) is 66.2 Å². The van der Waals surface area contributed by atoms with Crippen molar-refractivity contribution in [1.82, 2.24) is 5.01 Å². The Morgan fingerprint density at radius 3 is 2.53 bits per heavy atom. The maximum atomic E-state index is 14.7. The summed E-state index contributed by atoms with van der Waals surface area (Å²) in [5.41, 5.74) is 2.47. The molecule has 5 rings (SSSR count). The largest absolute Gasteiger partial charge is 0.463 e. The number of nitrogens with zero attached hydrogens (tertiary/aromatic N) is 3. The Morgan fingerprint density at radius 1 is 1.03 bits per heavy atom. The second-order valence-corrected chi connectivity index (χ2v) is 7.73. The van der Waals surface area contributed by atoms with Gasteiger partial charge >= 0.3 is 5.97 Å². The molecular formula is C25H17ClFN3O2. The zero-order valence-corrected chi connectivity index (χ0v) is 17.8. The van der Waals surface area contributed by atoms with Crippen LogP contribution in [0.15, 0.2) is 88.6 Å². The molecule has 0 radical (unpaired) electrons. The molecule has 5 nitrogen and oxygen atoms in total. The molecule has 0 bridgehead atoms. The monoisotopic (exact) mass is 445 g/mol. The molecule has 0 saturated carbocycles. The van der Waals surface area contributed by atoms with Gasteiger partial charge in [-0.15, -0.1) is 0 Å². The Labute approximate surface area is 188 Å². The molecule has 0 saturated heterocycles. The van der Waals surface area contributed by atoms with E-state index in [9.17, 15) is 9.18 Å². The number of carbonyl (C=O) groups excluding carboxylic acids is 1. The molecule has 2 aliphatic heterocycles. The van der Waals surface area contributed by atoms with E-state index in [4.69, 9.17) is 21.4 Å². The molecule has 0 aliphatic carbocycles. The van der Waals surface area contributed by atoms with E-state index in [1.807, 2.05) is 42.5 Å².